The molecule has 8 heteroatoms. The van der Waals surface area contributed by atoms with Crippen molar-refractivity contribution in [3.05, 3.63) is 17.2 Å². The summed E-state index contributed by atoms with van der Waals surface area (Å²) < 4.78 is 11.6. The van der Waals surface area contributed by atoms with E-state index in [0.717, 1.165) is 0 Å². The summed E-state index contributed by atoms with van der Waals surface area (Å²) >= 11 is 5.98. The van der Waals surface area contributed by atoms with Crippen LogP contribution >= 0.6 is 11.6 Å². The number of hydrogen-bond donors (Lipinski definition) is 1. The number of benzene rings is 1. The van der Waals surface area contributed by atoms with Gasteiger partial charge >= 0.3 is 0 Å². The molecule has 2 N–H and O–H groups in total. The minimum absolute atomic E-state index is 0.146. The van der Waals surface area contributed by atoms with Gasteiger partial charge in [-0.15, -0.1) is 0 Å². The molecule has 2 aromatic rings. The number of anilines is 1. The van der Waals surface area contributed by atoms with Crippen LogP contribution in [0.3, 0.4) is 0 Å². The van der Waals surface area contributed by atoms with Crippen molar-refractivity contribution in [3.63, 3.8) is 0 Å². The molecule has 0 spiro atoms. The molecule has 1 heterocycles. The lowest BCUT2D eigenvalue weighted by atomic mass is 10.2. The first-order valence-electron chi connectivity index (χ1n) is 4.63. The molecular weight excluding hydrogens is 246 g/mol. The number of halogens is 1. The number of rotatable bonds is 3. The lowest BCUT2D eigenvalue weighted by Crippen LogP contribution is -2.05. The Balaban J connectivity index is 2.63. The van der Waals surface area contributed by atoms with E-state index >= 15 is 0 Å². The van der Waals surface area contributed by atoms with E-state index in [1.807, 2.05) is 0 Å². The molecule has 1 aromatic heterocycles. The topological polar surface area (TPSA) is 88.1 Å². The van der Waals surface area contributed by atoms with Crippen molar-refractivity contribution in [1.82, 2.24) is 20.2 Å². The zero-order valence-corrected chi connectivity index (χ0v) is 9.97. The highest BCUT2D eigenvalue weighted by molar-refractivity contribution is 6.32. The van der Waals surface area contributed by atoms with Gasteiger partial charge in [-0.05, 0) is 10.4 Å². The van der Waals surface area contributed by atoms with Crippen LogP contribution in [0.5, 0.6) is 11.5 Å². The van der Waals surface area contributed by atoms with E-state index in [1.165, 1.54) is 18.9 Å². The van der Waals surface area contributed by atoms with Crippen LogP contribution in [0.25, 0.3) is 5.69 Å². The molecule has 90 valence electrons. The quantitative estimate of drug-likeness (QED) is 0.877. The highest BCUT2D eigenvalue weighted by Crippen LogP contribution is 2.34. The Labute approximate surface area is 102 Å². The SMILES string of the molecule is COc1cc(-n2nnnc2N)c(OC)cc1Cl. The third-order valence-corrected chi connectivity index (χ3v) is 2.47. The molecule has 1 aromatic carbocycles. The summed E-state index contributed by atoms with van der Waals surface area (Å²) in [5.74, 6) is 1.12. The van der Waals surface area contributed by atoms with Gasteiger partial charge in [0.15, 0.2) is 0 Å². The Morgan fingerprint density at radius 1 is 1.24 bits per heavy atom. The van der Waals surface area contributed by atoms with Crippen molar-refractivity contribution in [2.24, 2.45) is 0 Å². The van der Waals surface area contributed by atoms with E-state index in [0.29, 0.717) is 22.2 Å². The van der Waals surface area contributed by atoms with Crippen molar-refractivity contribution in [2.75, 3.05) is 20.0 Å². The standard InChI is InChI=1S/C9H10ClN5O2/c1-16-7-4-6(8(17-2)3-5(7)10)15-9(11)12-13-14-15/h3-4H,1-2H3,(H2,11,12,14). The number of tetrazole rings is 1. The van der Waals surface area contributed by atoms with E-state index in [9.17, 15) is 0 Å². The van der Waals surface area contributed by atoms with Crippen LogP contribution in [0.2, 0.25) is 5.02 Å². The molecule has 0 radical (unpaired) electrons. The van der Waals surface area contributed by atoms with Crippen LogP contribution in [0.4, 0.5) is 5.95 Å². The molecule has 0 saturated carbocycles. The van der Waals surface area contributed by atoms with Gasteiger partial charge in [0.25, 0.3) is 0 Å². The number of nitrogens with zero attached hydrogens (tertiary/aromatic N) is 4. The molecule has 17 heavy (non-hydrogen) atoms. The summed E-state index contributed by atoms with van der Waals surface area (Å²) in [4.78, 5) is 0. The molecule has 0 aliphatic heterocycles. The molecule has 0 amide bonds. The molecule has 0 aliphatic carbocycles. The van der Waals surface area contributed by atoms with Crippen molar-refractivity contribution < 1.29 is 9.47 Å². The number of hydrogen-bond acceptors (Lipinski definition) is 6. The molecule has 2 rings (SSSR count). The number of nitrogens with two attached hydrogens (primary N) is 1. The molecular formula is C9H10ClN5O2. The van der Waals surface area contributed by atoms with Crippen molar-refractivity contribution in [1.29, 1.82) is 0 Å². The number of methoxy groups -OCH3 is 2. The predicted molar refractivity (Wildman–Crippen MR) is 61.7 cm³/mol. The Hall–Kier alpha value is -2.02. The monoisotopic (exact) mass is 255 g/mol. The van der Waals surface area contributed by atoms with Crippen LogP contribution in [0.15, 0.2) is 12.1 Å². The summed E-state index contributed by atoms with van der Waals surface area (Å²) in [6.45, 7) is 0. The van der Waals surface area contributed by atoms with Gasteiger partial charge in [-0.1, -0.05) is 16.7 Å². The third-order valence-electron chi connectivity index (χ3n) is 2.18. The smallest absolute Gasteiger partial charge is 0.245 e. The molecule has 0 bridgehead atoms. The minimum atomic E-state index is 0.146. The van der Waals surface area contributed by atoms with Gasteiger partial charge in [-0.25, -0.2) is 0 Å². The van der Waals surface area contributed by atoms with Crippen LogP contribution in [-0.2, 0) is 0 Å². The average Bonchev–Trinajstić information content (AvgIpc) is 2.75. The summed E-state index contributed by atoms with van der Waals surface area (Å²) in [6.07, 6.45) is 0. The summed E-state index contributed by atoms with van der Waals surface area (Å²) in [7, 11) is 3.03. The first kappa shape index (κ1) is 11.5. The molecule has 0 atom stereocenters. The van der Waals surface area contributed by atoms with Crippen LogP contribution in [0.1, 0.15) is 0 Å². The zero-order chi connectivity index (χ0) is 12.4. The molecule has 0 aliphatic rings. The first-order chi connectivity index (χ1) is 8.17. The molecule has 0 unspecified atom stereocenters. The lowest BCUT2D eigenvalue weighted by Gasteiger charge is -2.11. The van der Waals surface area contributed by atoms with Crippen LogP contribution in [-0.4, -0.2) is 34.4 Å². The fourth-order valence-corrected chi connectivity index (χ4v) is 1.61. The summed E-state index contributed by atoms with van der Waals surface area (Å²) in [5, 5.41) is 11.2. The van der Waals surface area contributed by atoms with Gasteiger partial charge < -0.3 is 15.2 Å². The fraction of sp³-hybridized carbons (Fsp3) is 0.222. The summed E-state index contributed by atoms with van der Waals surface area (Å²) in [5.41, 5.74) is 6.18. The second-order valence-electron chi connectivity index (χ2n) is 3.11. The molecule has 0 saturated heterocycles. The number of aromatic nitrogens is 4. The highest BCUT2D eigenvalue weighted by Gasteiger charge is 2.14. The second-order valence-corrected chi connectivity index (χ2v) is 3.51. The van der Waals surface area contributed by atoms with E-state index in [2.05, 4.69) is 15.5 Å². The van der Waals surface area contributed by atoms with Gasteiger partial charge in [-0.2, -0.15) is 4.68 Å². The maximum Gasteiger partial charge on any atom is 0.245 e. The van der Waals surface area contributed by atoms with Gasteiger partial charge in [0.05, 0.1) is 19.2 Å². The highest BCUT2D eigenvalue weighted by atomic mass is 35.5. The second kappa shape index (κ2) is 4.46. The van der Waals surface area contributed by atoms with Gasteiger partial charge in [0.2, 0.25) is 5.95 Å². The third kappa shape index (κ3) is 1.96. The number of nitrogen functional groups attached to an aromatic ring is 1. The Morgan fingerprint density at radius 3 is 2.47 bits per heavy atom. The number of ether oxygens (including phenoxy) is 2. The Morgan fingerprint density at radius 2 is 1.94 bits per heavy atom. The van der Waals surface area contributed by atoms with Crippen molar-refractivity contribution in [3.8, 4) is 17.2 Å². The maximum absolute atomic E-state index is 5.98. The normalized spacial score (nSPS) is 10.3. The van der Waals surface area contributed by atoms with Gasteiger partial charge in [0, 0.05) is 12.1 Å². The maximum atomic E-state index is 5.98. The predicted octanol–water partition coefficient (Wildman–Crippen LogP) is 0.915. The van der Waals surface area contributed by atoms with Gasteiger partial charge in [-0.3, -0.25) is 0 Å². The van der Waals surface area contributed by atoms with Crippen molar-refractivity contribution >= 4 is 17.5 Å². The molecule has 7 nitrogen and oxygen atoms in total. The van der Waals surface area contributed by atoms with E-state index < -0.39 is 0 Å². The van der Waals surface area contributed by atoms with Gasteiger partial charge in [0.1, 0.15) is 17.2 Å². The van der Waals surface area contributed by atoms with Crippen LogP contribution < -0.4 is 15.2 Å². The van der Waals surface area contributed by atoms with E-state index in [4.69, 9.17) is 26.8 Å². The Bertz CT molecular complexity index is 542. The van der Waals surface area contributed by atoms with Crippen molar-refractivity contribution in [2.45, 2.75) is 0 Å². The lowest BCUT2D eigenvalue weighted by molar-refractivity contribution is 0.400. The fourth-order valence-electron chi connectivity index (χ4n) is 1.38. The van der Waals surface area contributed by atoms with E-state index in [-0.39, 0.29) is 5.95 Å². The summed E-state index contributed by atoms with van der Waals surface area (Å²) in [6, 6.07) is 3.25. The minimum Gasteiger partial charge on any atom is -0.495 e. The van der Waals surface area contributed by atoms with Crippen LogP contribution in [0, 0.1) is 0 Å². The first-order valence-corrected chi connectivity index (χ1v) is 5.01. The zero-order valence-electron chi connectivity index (χ0n) is 9.22. The molecule has 0 fully saturated rings. The van der Waals surface area contributed by atoms with E-state index in [1.54, 1.807) is 12.1 Å². The average molecular weight is 256 g/mol. The largest absolute Gasteiger partial charge is 0.495 e. The Kier molecular flexibility index (Phi) is 3.01.